The molecule has 0 atom stereocenters. The van der Waals surface area contributed by atoms with Gasteiger partial charge in [-0.2, -0.15) is 0 Å². The molecule has 0 amide bonds. The Morgan fingerprint density at radius 2 is 1.58 bits per heavy atom. The van der Waals surface area contributed by atoms with Gasteiger partial charge in [-0.25, -0.2) is 0 Å². The minimum Gasteiger partial charge on any atom is -0.330 e. The SMILES string of the molecule is CC(C)CC(C)(C)CN.CNC. The molecule has 0 aliphatic carbocycles. The molecule has 0 heterocycles. The summed E-state index contributed by atoms with van der Waals surface area (Å²) in [6.07, 6.45) is 1.23. The van der Waals surface area contributed by atoms with E-state index in [1.54, 1.807) is 0 Å². The zero-order valence-corrected chi connectivity index (χ0v) is 9.57. The second kappa shape index (κ2) is 7.56. The monoisotopic (exact) mass is 174 g/mol. The summed E-state index contributed by atoms with van der Waals surface area (Å²) >= 11 is 0. The van der Waals surface area contributed by atoms with Crippen molar-refractivity contribution in [2.45, 2.75) is 34.1 Å². The average molecular weight is 174 g/mol. The Labute approximate surface area is 77.9 Å². The fourth-order valence-electron chi connectivity index (χ4n) is 1.19. The zero-order chi connectivity index (χ0) is 10.2. The van der Waals surface area contributed by atoms with E-state index in [0.717, 1.165) is 12.5 Å². The van der Waals surface area contributed by atoms with Crippen LogP contribution in [0.1, 0.15) is 34.1 Å². The number of nitrogens with two attached hydrogens (primary N) is 1. The Hall–Kier alpha value is -0.0800. The maximum atomic E-state index is 5.55. The van der Waals surface area contributed by atoms with E-state index in [9.17, 15) is 0 Å². The molecule has 0 aromatic carbocycles. The average Bonchev–Trinajstić information content (AvgIpc) is 1.87. The van der Waals surface area contributed by atoms with Gasteiger partial charge in [0.05, 0.1) is 0 Å². The second-order valence-electron chi connectivity index (χ2n) is 4.47. The van der Waals surface area contributed by atoms with Crippen molar-refractivity contribution >= 4 is 0 Å². The van der Waals surface area contributed by atoms with Crippen LogP contribution in [0.4, 0.5) is 0 Å². The topological polar surface area (TPSA) is 38.0 Å². The van der Waals surface area contributed by atoms with Gasteiger partial charge in [0.2, 0.25) is 0 Å². The van der Waals surface area contributed by atoms with Crippen molar-refractivity contribution in [3.05, 3.63) is 0 Å². The summed E-state index contributed by atoms with van der Waals surface area (Å²) in [4.78, 5) is 0. The molecule has 0 bridgehead atoms. The molecule has 0 aromatic rings. The van der Waals surface area contributed by atoms with Crippen LogP contribution in [-0.4, -0.2) is 20.6 Å². The maximum absolute atomic E-state index is 5.55. The van der Waals surface area contributed by atoms with E-state index in [1.165, 1.54) is 6.42 Å². The second-order valence-corrected chi connectivity index (χ2v) is 4.47. The lowest BCUT2D eigenvalue weighted by Gasteiger charge is -2.24. The first-order valence-electron chi connectivity index (χ1n) is 4.68. The number of rotatable bonds is 3. The highest BCUT2D eigenvalue weighted by Gasteiger charge is 2.16. The number of hydrogen-bond donors (Lipinski definition) is 2. The van der Waals surface area contributed by atoms with Gasteiger partial charge in [0.15, 0.2) is 0 Å². The predicted molar refractivity (Wildman–Crippen MR) is 57.3 cm³/mol. The van der Waals surface area contributed by atoms with Crippen molar-refractivity contribution in [1.29, 1.82) is 0 Å². The first-order chi connectivity index (χ1) is 5.39. The van der Waals surface area contributed by atoms with E-state index in [2.05, 4.69) is 33.0 Å². The van der Waals surface area contributed by atoms with Crippen LogP contribution >= 0.6 is 0 Å². The molecule has 2 nitrogen and oxygen atoms in total. The Morgan fingerprint density at radius 1 is 1.25 bits per heavy atom. The van der Waals surface area contributed by atoms with Crippen LogP contribution in [0, 0.1) is 11.3 Å². The standard InChI is InChI=1S/C8H19N.C2H7N/c1-7(2)5-8(3,4)6-9;1-3-2/h7H,5-6,9H2,1-4H3;3H,1-2H3. The third-order valence-electron chi connectivity index (χ3n) is 1.51. The van der Waals surface area contributed by atoms with E-state index < -0.39 is 0 Å². The van der Waals surface area contributed by atoms with Crippen LogP contribution in [0.5, 0.6) is 0 Å². The molecule has 0 rings (SSSR count). The lowest BCUT2D eigenvalue weighted by molar-refractivity contribution is 0.298. The lowest BCUT2D eigenvalue weighted by Crippen LogP contribution is -2.24. The molecule has 0 radical (unpaired) electrons. The molecule has 0 aromatic heterocycles. The Balaban J connectivity index is 0. The first kappa shape index (κ1) is 14.4. The molecule has 2 heteroatoms. The fourth-order valence-corrected chi connectivity index (χ4v) is 1.19. The summed E-state index contributed by atoms with van der Waals surface area (Å²) in [5.41, 5.74) is 5.90. The zero-order valence-electron chi connectivity index (χ0n) is 9.57. The molecule has 3 N–H and O–H groups in total. The van der Waals surface area contributed by atoms with Crippen LogP contribution in [0.3, 0.4) is 0 Å². The number of nitrogens with one attached hydrogen (secondary N) is 1. The largest absolute Gasteiger partial charge is 0.330 e. The van der Waals surface area contributed by atoms with Gasteiger partial charge in [-0.3, -0.25) is 0 Å². The van der Waals surface area contributed by atoms with Crippen LogP contribution in [-0.2, 0) is 0 Å². The van der Waals surface area contributed by atoms with E-state index in [0.29, 0.717) is 5.41 Å². The summed E-state index contributed by atoms with van der Waals surface area (Å²) in [6, 6.07) is 0. The van der Waals surface area contributed by atoms with Gasteiger partial charge in [-0.1, -0.05) is 27.7 Å². The molecule has 0 spiro atoms. The van der Waals surface area contributed by atoms with Crippen molar-refractivity contribution in [2.75, 3.05) is 20.6 Å². The van der Waals surface area contributed by atoms with E-state index >= 15 is 0 Å². The normalized spacial score (nSPS) is 11.0. The van der Waals surface area contributed by atoms with Crippen LogP contribution in [0.15, 0.2) is 0 Å². The molecule has 0 unspecified atom stereocenters. The van der Waals surface area contributed by atoms with Crippen LogP contribution in [0.25, 0.3) is 0 Å². The van der Waals surface area contributed by atoms with Gasteiger partial charge >= 0.3 is 0 Å². The minimum atomic E-state index is 0.341. The Bertz CT molecular complexity index is 87.8. The van der Waals surface area contributed by atoms with Crippen LogP contribution in [0.2, 0.25) is 0 Å². The maximum Gasteiger partial charge on any atom is -0.00257 e. The van der Waals surface area contributed by atoms with E-state index in [-0.39, 0.29) is 0 Å². The van der Waals surface area contributed by atoms with Crippen molar-refractivity contribution < 1.29 is 0 Å². The molecular formula is C10H26N2. The molecule has 76 valence electrons. The van der Waals surface area contributed by atoms with Gasteiger partial charge in [-0.05, 0) is 38.4 Å². The summed E-state index contributed by atoms with van der Waals surface area (Å²) in [5.74, 6) is 0.767. The van der Waals surface area contributed by atoms with Gasteiger partial charge < -0.3 is 11.1 Å². The predicted octanol–water partition coefficient (Wildman–Crippen LogP) is 1.85. The summed E-state index contributed by atoms with van der Waals surface area (Å²) in [5, 5.41) is 2.75. The molecule has 0 aliphatic heterocycles. The van der Waals surface area contributed by atoms with Gasteiger partial charge in [0.1, 0.15) is 0 Å². The highest BCUT2D eigenvalue weighted by Crippen LogP contribution is 2.22. The van der Waals surface area contributed by atoms with E-state index in [1.807, 2.05) is 14.1 Å². The molecular weight excluding hydrogens is 148 g/mol. The highest BCUT2D eigenvalue weighted by atomic mass is 14.7. The molecule has 0 aliphatic rings. The van der Waals surface area contributed by atoms with Crippen molar-refractivity contribution in [2.24, 2.45) is 17.1 Å². The summed E-state index contributed by atoms with van der Waals surface area (Å²) < 4.78 is 0. The minimum absolute atomic E-state index is 0.341. The first-order valence-corrected chi connectivity index (χ1v) is 4.68. The summed E-state index contributed by atoms with van der Waals surface area (Å²) in [6.45, 7) is 9.69. The Kier molecular flexibility index (Phi) is 9.10. The molecule has 0 saturated carbocycles. The van der Waals surface area contributed by atoms with Gasteiger partial charge in [0.25, 0.3) is 0 Å². The third kappa shape index (κ3) is 12.6. The summed E-state index contributed by atoms with van der Waals surface area (Å²) in [7, 11) is 3.75. The third-order valence-corrected chi connectivity index (χ3v) is 1.51. The quantitative estimate of drug-likeness (QED) is 0.685. The van der Waals surface area contributed by atoms with Crippen molar-refractivity contribution in [1.82, 2.24) is 5.32 Å². The lowest BCUT2D eigenvalue weighted by atomic mass is 9.84. The molecule has 0 saturated heterocycles. The molecule has 12 heavy (non-hydrogen) atoms. The number of hydrogen-bond acceptors (Lipinski definition) is 2. The van der Waals surface area contributed by atoms with Crippen molar-refractivity contribution in [3.8, 4) is 0 Å². The van der Waals surface area contributed by atoms with Gasteiger partial charge in [-0.15, -0.1) is 0 Å². The fraction of sp³-hybridized carbons (Fsp3) is 1.00. The Morgan fingerprint density at radius 3 is 1.67 bits per heavy atom. The van der Waals surface area contributed by atoms with Crippen molar-refractivity contribution in [3.63, 3.8) is 0 Å². The smallest absolute Gasteiger partial charge is 0.00257 e. The van der Waals surface area contributed by atoms with Crippen LogP contribution < -0.4 is 11.1 Å². The molecule has 0 fully saturated rings. The highest BCUT2D eigenvalue weighted by molar-refractivity contribution is 4.70. The van der Waals surface area contributed by atoms with E-state index in [4.69, 9.17) is 5.73 Å². The van der Waals surface area contributed by atoms with Gasteiger partial charge in [0, 0.05) is 0 Å².